The molecule has 1 atom stereocenters. The van der Waals surface area contributed by atoms with E-state index >= 15 is 0 Å². The summed E-state index contributed by atoms with van der Waals surface area (Å²) < 4.78 is 3.72. The van der Waals surface area contributed by atoms with Crippen molar-refractivity contribution < 1.29 is 4.79 Å². The lowest BCUT2D eigenvalue weighted by atomic mass is 9.99. The van der Waals surface area contributed by atoms with Crippen molar-refractivity contribution in [3.8, 4) is 5.82 Å². The number of carbonyl (C=O) groups is 1. The summed E-state index contributed by atoms with van der Waals surface area (Å²) in [5, 5.41) is 4.31. The third kappa shape index (κ3) is 2.57. The van der Waals surface area contributed by atoms with Gasteiger partial charge in [-0.15, -0.1) is 0 Å². The van der Waals surface area contributed by atoms with Crippen LogP contribution >= 0.6 is 0 Å². The van der Waals surface area contributed by atoms with Crippen LogP contribution in [0.2, 0.25) is 0 Å². The van der Waals surface area contributed by atoms with Crippen LogP contribution in [-0.4, -0.2) is 62.3 Å². The molecule has 6 heteroatoms. The number of hydrogen-bond acceptors (Lipinski definition) is 3. The van der Waals surface area contributed by atoms with Crippen LogP contribution in [0.15, 0.2) is 30.7 Å². The molecule has 0 aliphatic carbocycles. The molecule has 2 saturated heterocycles. The minimum absolute atomic E-state index is 0.104. The Bertz CT molecular complexity index is 690. The van der Waals surface area contributed by atoms with Crippen molar-refractivity contribution in [1.82, 2.24) is 24.1 Å². The van der Waals surface area contributed by atoms with Crippen molar-refractivity contribution in [1.29, 1.82) is 0 Å². The number of fused-ring (bicyclic) bond motifs is 1. The summed E-state index contributed by atoms with van der Waals surface area (Å²) in [6.45, 7) is 3.85. The number of carbonyl (C=O) groups excluding carboxylic acids is 1. The molecular formula is C17H23N5O. The zero-order chi connectivity index (χ0) is 15.8. The van der Waals surface area contributed by atoms with Gasteiger partial charge in [-0.2, -0.15) is 5.10 Å². The lowest BCUT2D eigenvalue weighted by Gasteiger charge is -2.44. The number of nitrogens with zero attached hydrogens (tertiary/aromatic N) is 5. The van der Waals surface area contributed by atoms with Gasteiger partial charge >= 0.3 is 0 Å². The first kappa shape index (κ1) is 14.5. The van der Waals surface area contributed by atoms with Gasteiger partial charge in [-0.05, 0) is 31.5 Å². The summed E-state index contributed by atoms with van der Waals surface area (Å²) in [7, 11) is 1.88. The lowest BCUT2D eigenvalue weighted by Crippen LogP contribution is -2.56. The van der Waals surface area contributed by atoms with Gasteiger partial charge in [0.25, 0.3) is 5.91 Å². The van der Waals surface area contributed by atoms with E-state index in [1.54, 1.807) is 10.9 Å². The van der Waals surface area contributed by atoms with Crippen LogP contribution in [0, 0.1) is 0 Å². The van der Waals surface area contributed by atoms with E-state index < -0.39 is 0 Å². The monoisotopic (exact) mass is 313 g/mol. The Kier molecular flexibility index (Phi) is 3.69. The van der Waals surface area contributed by atoms with Gasteiger partial charge in [0.2, 0.25) is 0 Å². The average Bonchev–Trinajstić information content (AvgIpc) is 3.23. The molecule has 0 saturated carbocycles. The van der Waals surface area contributed by atoms with Crippen LogP contribution in [0.1, 0.15) is 29.6 Å². The number of hydrogen-bond donors (Lipinski definition) is 0. The highest BCUT2D eigenvalue weighted by Crippen LogP contribution is 2.23. The van der Waals surface area contributed by atoms with E-state index in [2.05, 4.69) is 10.00 Å². The van der Waals surface area contributed by atoms with Gasteiger partial charge in [0.15, 0.2) is 0 Å². The molecule has 1 amide bonds. The zero-order valence-corrected chi connectivity index (χ0v) is 13.6. The topological polar surface area (TPSA) is 46.3 Å². The molecule has 0 aromatic carbocycles. The first-order valence-electron chi connectivity index (χ1n) is 8.43. The third-order valence-corrected chi connectivity index (χ3v) is 5.11. The Morgan fingerprint density at radius 2 is 2.00 bits per heavy atom. The fourth-order valence-corrected chi connectivity index (χ4v) is 3.87. The maximum atomic E-state index is 13.0. The molecule has 2 aromatic heterocycles. The van der Waals surface area contributed by atoms with Gasteiger partial charge in [0, 0.05) is 45.1 Å². The molecular weight excluding hydrogens is 290 g/mol. The van der Waals surface area contributed by atoms with Crippen molar-refractivity contribution in [3.63, 3.8) is 0 Å². The van der Waals surface area contributed by atoms with E-state index in [0.29, 0.717) is 11.6 Å². The van der Waals surface area contributed by atoms with E-state index in [4.69, 9.17) is 0 Å². The van der Waals surface area contributed by atoms with E-state index in [0.717, 1.165) is 25.5 Å². The summed E-state index contributed by atoms with van der Waals surface area (Å²) in [6.07, 6.45) is 9.39. The fourth-order valence-electron chi connectivity index (χ4n) is 3.87. The SMILES string of the molecule is Cn1ncc(C(=O)N2CCN3CCCC[C@@H]3C2)c1-n1cccc1. The quantitative estimate of drug-likeness (QED) is 0.844. The van der Waals surface area contributed by atoms with Gasteiger partial charge in [-0.1, -0.05) is 6.42 Å². The average molecular weight is 313 g/mol. The van der Waals surface area contributed by atoms with Crippen molar-refractivity contribution in [2.24, 2.45) is 7.05 Å². The molecule has 2 aliphatic heterocycles. The molecule has 0 radical (unpaired) electrons. The van der Waals surface area contributed by atoms with E-state index in [1.165, 1.54) is 25.8 Å². The van der Waals surface area contributed by atoms with Gasteiger partial charge in [0.05, 0.1) is 6.20 Å². The van der Waals surface area contributed by atoms with Crippen molar-refractivity contribution in [3.05, 3.63) is 36.3 Å². The summed E-state index contributed by atoms with van der Waals surface area (Å²) in [6, 6.07) is 4.46. The minimum Gasteiger partial charge on any atom is -0.336 e. The number of piperazine rings is 1. The molecule has 0 bridgehead atoms. The van der Waals surface area contributed by atoms with Crippen LogP contribution in [0.3, 0.4) is 0 Å². The lowest BCUT2D eigenvalue weighted by molar-refractivity contribution is 0.0372. The molecule has 4 rings (SSSR count). The first-order chi connectivity index (χ1) is 11.2. The Hall–Kier alpha value is -2.08. The fraction of sp³-hybridized carbons (Fsp3) is 0.529. The highest BCUT2D eigenvalue weighted by atomic mass is 16.2. The van der Waals surface area contributed by atoms with Crippen LogP contribution < -0.4 is 0 Å². The molecule has 0 N–H and O–H groups in total. The maximum absolute atomic E-state index is 13.0. The van der Waals surface area contributed by atoms with Crippen LogP contribution in [-0.2, 0) is 7.05 Å². The first-order valence-corrected chi connectivity index (χ1v) is 8.43. The largest absolute Gasteiger partial charge is 0.336 e. The second-order valence-electron chi connectivity index (χ2n) is 6.53. The van der Waals surface area contributed by atoms with Crippen molar-refractivity contribution in [2.75, 3.05) is 26.2 Å². The molecule has 4 heterocycles. The van der Waals surface area contributed by atoms with Crippen LogP contribution in [0.5, 0.6) is 0 Å². The molecule has 6 nitrogen and oxygen atoms in total. The van der Waals surface area contributed by atoms with E-state index in [9.17, 15) is 4.79 Å². The van der Waals surface area contributed by atoms with Crippen molar-refractivity contribution in [2.45, 2.75) is 25.3 Å². The van der Waals surface area contributed by atoms with Gasteiger partial charge in [-0.3, -0.25) is 14.4 Å². The number of aryl methyl sites for hydroxylation is 1. The molecule has 2 fully saturated rings. The second kappa shape index (κ2) is 5.85. The highest BCUT2D eigenvalue weighted by molar-refractivity contribution is 5.97. The Balaban J connectivity index is 1.58. The van der Waals surface area contributed by atoms with Gasteiger partial charge in [-0.25, -0.2) is 0 Å². The molecule has 122 valence electrons. The predicted molar refractivity (Wildman–Crippen MR) is 87.7 cm³/mol. The van der Waals surface area contributed by atoms with Crippen molar-refractivity contribution >= 4 is 5.91 Å². The third-order valence-electron chi connectivity index (χ3n) is 5.11. The summed E-state index contributed by atoms with van der Waals surface area (Å²) >= 11 is 0. The van der Waals surface area contributed by atoms with Crippen LogP contribution in [0.25, 0.3) is 5.82 Å². The number of amides is 1. The maximum Gasteiger partial charge on any atom is 0.259 e. The standard InChI is InChI=1S/C17H23N5O/c1-19-16(21-8-4-5-9-21)15(12-18-19)17(23)22-11-10-20-7-3-2-6-14(20)13-22/h4-5,8-9,12,14H,2-3,6-7,10-11,13H2,1H3/t14-/m1/s1. The number of aromatic nitrogens is 3. The van der Waals surface area contributed by atoms with Gasteiger partial charge in [0.1, 0.15) is 11.4 Å². The molecule has 2 aliphatic rings. The van der Waals surface area contributed by atoms with Crippen LogP contribution in [0.4, 0.5) is 0 Å². The Labute approximate surface area is 136 Å². The normalized spacial score (nSPS) is 22.1. The zero-order valence-electron chi connectivity index (χ0n) is 13.6. The predicted octanol–water partition coefficient (Wildman–Crippen LogP) is 1.52. The smallest absolute Gasteiger partial charge is 0.259 e. The Morgan fingerprint density at radius 3 is 2.83 bits per heavy atom. The minimum atomic E-state index is 0.104. The molecule has 23 heavy (non-hydrogen) atoms. The Morgan fingerprint density at radius 1 is 1.17 bits per heavy atom. The summed E-state index contributed by atoms with van der Waals surface area (Å²) in [5.74, 6) is 0.943. The number of rotatable bonds is 2. The summed E-state index contributed by atoms with van der Waals surface area (Å²) in [4.78, 5) is 17.6. The molecule has 2 aromatic rings. The van der Waals surface area contributed by atoms with Gasteiger partial charge < -0.3 is 9.47 Å². The number of piperidine rings is 1. The molecule has 0 unspecified atom stereocenters. The summed E-state index contributed by atoms with van der Waals surface area (Å²) in [5.41, 5.74) is 0.688. The molecule has 0 spiro atoms. The van der Waals surface area contributed by atoms with E-state index in [-0.39, 0.29) is 5.91 Å². The van der Waals surface area contributed by atoms with E-state index in [1.807, 2.05) is 41.0 Å². The second-order valence-corrected chi connectivity index (χ2v) is 6.53. The highest BCUT2D eigenvalue weighted by Gasteiger charge is 2.32.